The van der Waals surface area contributed by atoms with E-state index in [9.17, 15) is 0 Å². The van der Waals surface area contributed by atoms with Crippen LogP contribution < -0.4 is 5.32 Å². The van der Waals surface area contributed by atoms with Gasteiger partial charge in [0.05, 0.1) is 0 Å². The number of hydrogen-bond donors (Lipinski definition) is 1. The monoisotopic (exact) mass is 279 g/mol. The molecule has 0 spiro atoms. The minimum atomic E-state index is 0.933. The first-order valence-corrected chi connectivity index (χ1v) is 7.63. The lowest BCUT2D eigenvalue weighted by Gasteiger charge is -2.20. The van der Waals surface area contributed by atoms with Crippen molar-refractivity contribution in [2.75, 3.05) is 11.9 Å². The van der Waals surface area contributed by atoms with E-state index in [1.807, 2.05) is 0 Å². The topological polar surface area (TPSA) is 12.0 Å². The van der Waals surface area contributed by atoms with Gasteiger partial charge in [-0.15, -0.1) is 0 Å². The average Bonchev–Trinajstić information content (AvgIpc) is 2.47. The summed E-state index contributed by atoms with van der Waals surface area (Å²) in [5, 5.41) is 3.56. The van der Waals surface area contributed by atoms with Crippen LogP contribution in [0.1, 0.15) is 43.0 Å². The number of hydrogen-bond acceptors (Lipinski definition) is 1. The smallest absolute Gasteiger partial charge is 0.0452 e. The quantitative estimate of drug-likeness (QED) is 0.770. The second kappa shape index (κ2) is 6.62. The molecule has 0 saturated carbocycles. The highest BCUT2D eigenvalue weighted by molar-refractivity contribution is 5.89. The minimum absolute atomic E-state index is 0.933. The van der Waals surface area contributed by atoms with Gasteiger partial charge in [-0.3, -0.25) is 0 Å². The highest BCUT2D eigenvalue weighted by Gasteiger charge is 2.14. The molecule has 0 saturated heterocycles. The maximum atomic E-state index is 3.56. The summed E-state index contributed by atoms with van der Waals surface area (Å²) < 4.78 is 0. The molecule has 0 heterocycles. The predicted molar refractivity (Wildman–Crippen MR) is 93.9 cm³/mol. The van der Waals surface area contributed by atoms with Gasteiger partial charge in [-0.25, -0.2) is 0 Å². The average molecular weight is 279 g/mol. The predicted octanol–water partition coefficient (Wildman–Crippen LogP) is 5.58. The van der Waals surface area contributed by atoms with Crippen molar-refractivity contribution in [3.63, 3.8) is 0 Å². The summed E-state index contributed by atoms with van der Waals surface area (Å²) in [7, 11) is 0. The number of nitrogens with one attached hydrogen (secondary N) is 1. The number of anilines is 1. The minimum Gasteiger partial charge on any atom is -0.385 e. The molecule has 1 heteroatoms. The first-order valence-electron chi connectivity index (χ1n) is 7.63. The van der Waals surface area contributed by atoms with Gasteiger partial charge in [0.15, 0.2) is 0 Å². The lowest BCUT2D eigenvalue weighted by Crippen LogP contribution is -2.05. The number of aryl methyl sites for hydroxylation is 1. The Morgan fingerprint density at radius 2 is 1.62 bits per heavy atom. The fourth-order valence-corrected chi connectivity index (χ4v) is 2.75. The van der Waals surface area contributed by atoms with E-state index in [-0.39, 0.29) is 0 Å². The van der Waals surface area contributed by atoms with Crippen molar-refractivity contribution < 1.29 is 0 Å². The first-order chi connectivity index (χ1) is 10.1. The van der Waals surface area contributed by atoms with Gasteiger partial charge in [-0.05, 0) is 56.9 Å². The van der Waals surface area contributed by atoms with E-state index in [1.165, 1.54) is 39.1 Å². The Bertz CT molecular complexity index is 647. The van der Waals surface area contributed by atoms with Crippen molar-refractivity contribution in [1.29, 1.82) is 0 Å². The van der Waals surface area contributed by atoms with Crippen molar-refractivity contribution in [2.45, 2.75) is 34.6 Å². The van der Waals surface area contributed by atoms with Crippen LogP contribution in [0.3, 0.4) is 0 Å². The van der Waals surface area contributed by atoms with Crippen LogP contribution in [0.2, 0.25) is 0 Å². The third kappa shape index (κ3) is 3.18. The van der Waals surface area contributed by atoms with Crippen molar-refractivity contribution in [3.8, 4) is 0 Å². The van der Waals surface area contributed by atoms with Gasteiger partial charge < -0.3 is 5.32 Å². The largest absolute Gasteiger partial charge is 0.385 e. The SMILES string of the molecule is CCNc1c(C(=C(C)C)c2ccccc2)ccc(C)c1C. The molecule has 0 atom stereocenters. The fraction of sp³-hybridized carbons (Fsp3) is 0.300. The summed E-state index contributed by atoms with van der Waals surface area (Å²) in [5.41, 5.74) is 9.17. The maximum absolute atomic E-state index is 3.56. The normalized spacial score (nSPS) is 10.3. The lowest BCUT2D eigenvalue weighted by molar-refractivity contribution is 1.18. The van der Waals surface area contributed by atoms with Gasteiger partial charge in [0, 0.05) is 17.8 Å². The zero-order valence-corrected chi connectivity index (χ0v) is 13.7. The lowest BCUT2D eigenvalue weighted by atomic mass is 9.90. The van der Waals surface area contributed by atoms with E-state index >= 15 is 0 Å². The first kappa shape index (κ1) is 15.4. The van der Waals surface area contributed by atoms with Crippen LogP contribution in [0.4, 0.5) is 5.69 Å². The molecule has 0 radical (unpaired) electrons. The zero-order chi connectivity index (χ0) is 15.4. The molecule has 21 heavy (non-hydrogen) atoms. The van der Waals surface area contributed by atoms with Crippen LogP contribution in [-0.4, -0.2) is 6.54 Å². The van der Waals surface area contributed by atoms with E-state index in [0.717, 1.165) is 6.54 Å². The Morgan fingerprint density at radius 1 is 0.952 bits per heavy atom. The highest BCUT2D eigenvalue weighted by atomic mass is 14.9. The van der Waals surface area contributed by atoms with Crippen molar-refractivity contribution in [3.05, 3.63) is 70.3 Å². The van der Waals surface area contributed by atoms with Crippen molar-refractivity contribution in [2.24, 2.45) is 0 Å². The van der Waals surface area contributed by atoms with Crippen LogP contribution >= 0.6 is 0 Å². The molecule has 0 fully saturated rings. The number of benzene rings is 2. The Hall–Kier alpha value is -2.02. The molecule has 0 aliphatic heterocycles. The molecule has 0 aliphatic rings. The molecule has 0 aliphatic carbocycles. The molecular weight excluding hydrogens is 254 g/mol. The molecular formula is C20H25N. The van der Waals surface area contributed by atoms with Crippen molar-refractivity contribution in [1.82, 2.24) is 0 Å². The second-order valence-electron chi connectivity index (χ2n) is 5.70. The van der Waals surface area contributed by atoms with Crippen LogP contribution in [0.25, 0.3) is 5.57 Å². The van der Waals surface area contributed by atoms with Gasteiger partial charge in [0.1, 0.15) is 0 Å². The van der Waals surface area contributed by atoms with E-state index in [0.29, 0.717) is 0 Å². The third-order valence-electron chi connectivity index (χ3n) is 3.92. The Labute approximate surface area is 128 Å². The van der Waals surface area contributed by atoms with Gasteiger partial charge in [-0.2, -0.15) is 0 Å². The number of allylic oxidation sites excluding steroid dienone is 1. The molecule has 0 amide bonds. The van der Waals surface area contributed by atoms with Crippen LogP contribution in [0.5, 0.6) is 0 Å². The molecule has 2 aromatic carbocycles. The molecule has 110 valence electrons. The van der Waals surface area contributed by atoms with Gasteiger partial charge in [0.25, 0.3) is 0 Å². The van der Waals surface area contributed by atoms with Gasteiger partial charge in [-0.1, -0.05) is 48.0 Å². The fourth-order valence-electron chi connectivity index (χ4n) is 2.75. The summed E-state index contributed by atoms with van der Waals surface area (Å²) in [6, 6.07) is 15.1. The molecule has 1 N–H and O–H groups in total. The maximum Gasteiger partial charge on any atom is 0.0452 e. The molecule has 0 aromatic heterocycles. The Balaban J connectivity index is 2.68. The van der Waals surface area contributed by atoms with E-state index in [1.54, 1.807) is 0 Å². The number of rotatable bonds is 4. The summed E-state index contributed by atoms with van der Waals surface area (Å²) in [5.74, 6) is 0. The van der Waals surface area contributed by atoms with E-state index < -0.39 is 0 Å². The summed E-state index contributed by atoms with van der Waals surface area (Å²) >= 11 is 0. The summed E-state index contributed by atoms with van der Waals surface area (Å²) in [4.78, 5) is 0. The molecule has 0 bridgehead atoms. The molecule has 0 unspecified atom stereocenters. The molecule has 2 aromatic rings. The molecule has 1 nitrogen and oxygen atoms in total. The van der Waals surface area contributed by atoms with E-state index in [4.69, 9.17) is 0 Å². The summed E-state index contributed by atoms with van der Waals surface area (Å²) in [6.45, 7) is 11.8. The van der Waals surface area contributed by atoms with Crippen LogP contribution in [0.15, 0.2) is 48.0 Å². The third-order valence-corrected chi connectivity index (χ3v) is 3.92. The van der Waals surface area contributed by atoms with E-state index in [2.05, 4.69) is 82.4 Å². The van der Waals surface area contributed by atoms with Crippen LogP contribution in [0, 0.1) is 13.8 Å². The second-order valence-corrected chi connectivity index (χ2v) is 5.70. The van der Waals surface area contributed by atoms with Gasteiger partial charge >= 0.3 is 0 Å². The highest BCUT2D eigenvalue weighted by Crippen LogP contribution is 2.35. The zero-order valence-electron chi connectivity index (χ0n) is 13.7. The standard InChI is InChI=1S/C20H25N/c1-6-21-20-16(5)15(4)12-13-18(20)19(14(2)3)17-10-8-7-9-11-17/h7-13,21H,6H2,1-5H3. The van der Waals surface area contributed by atoms with Gasteiger partial charge in [0.2, 0.25) is 0 Å². The Kier molecular flexibility index (Phi) is 4.85. The van der Waals surface area contributed by atoms with Crippen molar-refractivity contribution >= 4 is 11.3 Å². The summed E-state index contributed by atoms with van der Waals surface area (Å²) in [6.07, 6.45) is 0. The Morgan fingerprint density at radius 3 is 2.19 bits per heavy atom. The molecule has 2 rings (SSSR count). The van der Waals surface area contributed by atoms with Crippen LogP contribution in [-0.2, 0) is 0 Å².